The first-order chi connectivity index (χ1) is 11.1. The fourth-order valence-corrected chi connectivity index (χ4v) is 3.58. The minimum absolute atomic E-state index is 0.0885. The third-order valence-corrected chi connectivity index (χ3v) is 5.14. The van der Waals surface area contributed by atoms with E-state index in [0.717, 1.165) is 71.4 Å². The molecule has 2 fully saturated rings. The maximum absolute atomic E-state index is 12.3. The highest BCUT2D eigenvalue weighted by molar-refractivity contribution is 5.76. The zero-order chi connectivity index (χ0) is 16.5. The molecule has 1 unspecified atom stereocenters. The number of rotatable bonds is 7. The van der Waals surface area contributed by atoms with Crippen molar-refractivity contribution in [3.8, 4) is 0 Å². The van der Waals surface area contributed by atoms with Crippen LogP contribution in [-0.4, -0.2) is 72.2 Å². The Morgan fingerprint density at radius 2 is 1.78 bits per heavy atom. The van der Waals surface area contributed by atoms with Crippen molar-refractivity contribution in [2.75, 3.05) is 39.3 Å². The van der Waals surface area contributed by atoms with E-state index in [-0.39, 0.29) is 12.1 Å². The summed E-state index contributed by atoms with van der Waals surface area (Å²) in [4.78, 5) is 16.8. The number of aliphatic hydroxyl groups excluding tert-OH is 1. The van der Waals surface area contributed by atoms with Gasteiger partial charge in [0.2, 0.25) is 5.91 Å². The SMILES string of the molecule is CC(CC(=O)N1CCCCCC1)NCCCN1CCC(O)CC1. The summed E-state index contributed by atoms with van der Waals surface area (Å²) in [5, 5.41) is 13.0. The summed E-state index contributed by atoms with van der Waals surface area (Å²) in [6, 6.07) is 0.258. The van der Waals surface area contributed by atoms with Crippen LogP contribution in [0.25, 0.3) is 0 Å². The van der Waals surface area contributed by atoms with Gasteiger partial charge in [-0.3, -0.25) is 4.79 Å². The molecule has 2 N–H and O–H groups in total. The van der Waals surface area contributed by atoms with Gasteiger partial charge in [-0.05, 0) is 52.1 Å². The van der Waals surface area contributed by atoms with Crippen LogP contribution >= 0.6 is 0 Å². The van der Waals surface area contributed by atoms with Crippen LogP contribution in [0, 0.1) is 0 Å². The maximum atomic E-state index is 12.3. The summed E-state index contributed by atoms with van der Waals surface area (Å²) >= 11 is 0. The van der Waals surface area contributed by atoms with Crippen LogP contribution < -0.4 is 5.32 Å². The molecule has 0 aromatic carbocycles. The lowest BCUT2D eigenvalue weighted by atomic mass is 10.1. The van der Waals surface area contributed by atoms with Crippen LogP contribution in [0.15, 0.2) is 0 Å². The Kier molecular flexibility index (Phi) is 8.34. The number of carbonyl (C=O) groups excluding carboxylic acids is 1. The van der Waals surface area contributed by atoms with Gasteiger partial charge in [-0.15, -0.1) is 0 Å². The van der Waals surface area contributed by atoms with E-state index in [1.54, 1.807) is 0 Å². The van der Waals surface area contributed by atoms with Gasteiger partial charge in [0.15, 0.2) is 0 Å². The summed E-state index contributed by atoms with van der Waals surface area (Å²) in [7, 11) is 0. The van der Waals surface area contributed by atoms with Crippen LogP contribution in [0.4, 0.5) is 0 Å². The molecular weight excluding hydrogens is 290 g/mol. The Morgan fingerprint density at radius 1 is 1.13 bits per heavy atom. The average Bonchev–Trinajstić information content (AvgIpc) is 2.82. The predicted octanol–water partition coefficient (Wildman–Crippen LogP) is 1.60. The highest BCUT2D eigenvalue weighted by Crippen LogP contribution is 2.12. The number of likely N-dealkylation sites (tertiary alicyclic amines) is 2. The van der Waals surface area contributed by atoms with Gasteiger partial charge >= 0.3 is 0 Å². The number of nitrogens with one attached hydrogen (secondary N) is 1. The number of piperidine rings is 1. The van der Waals surface area contributed by atoms with E-state index in [0.29, 0.717) is 12.3 Å². The second-order valence-electron chi connectivity index (χ2n) is 7.28. The minimum atomic E-state index is -0.0885. The molecule has 0 spiro atoms. The molecule has 2 aliphatic rings. The molecule has 0 radical (unpaired) electrons. The van der Waals surface area contributed by atoms with E-state index in [1.807, 2.05) is 0 Å². The molecule has 134 valence electrons. The third-order valence-electron chi connectivity index (χ3n) is 5.14. The van der Waals surface area contributed by atoms with E-state index < -0.39 is 0 Å². The number of nitrogens with zero attached hydrogens (tertiary/aromatic N) is 2. The monoisotopic (exact) mass is 325 g/mol. The maximum Gasteiger partial charge on any atom is 0.224 e. The molecule has 0 aromatic heterocycles. The van der Waals surface area contributed by atoms with E-state index in [2.05, 4.69) is 22.0 Å². The molecular formula is C18H35N3O2. The van der Waals surface area contributed by atoms with E-state index in [9.17, 15) is 9.90 Å². The van der Waals surface area contributed by atoms with Gasteiger partial charge in [-0.1, -0.05) is 12.8 Å². The van der Waals surface area contributed by atoms with Crippen molar-refractivity contribution in [2.45, 2.75) is 70.4 Å². The molecule has 0 aromatic rings. The van der Waals surface area contributed by atoms with Gasteiger partial charge < -0.3 is 20.2 Å². The van der Waals surface area contributed by atoms with Crippen molar-refractivity contribution in [2.24, 2.45) is 0 Å². The van der Waals surface area contributed by atoms with Crippen molar-refractivity contribution >= 4 is 5.91 Å². The lowest BCUT2D eigenvalue weighted by molar-refractivity contribution is -0.131. The smallest absolute Gasteiger partial charge is 0.224 e. The van der Waals surface area contributed by atoms with Gasteiger partial charge in [0, 0.05) is 38.6 Å². The fourth-order valence-electron chi connectivity index (χ4n) is 3.58. The van der Waals surface area contributed by atoms with Crippen molar-refractivity contribution in [3.05, 3.63) is 0 Å². The molecule has 0 saturated carbocycles. The van der Waals surface area contributed by atoms with Crippen molar-refractivity contribution in [3.63, 3.8) is 0 Å². The molecule has 2 aliphatic heterocycles. The number of hydrogen-bond donors (Lipinski definition) is 2. The molecule has 23 heavy (non-hydrogen) atoms. The fraction of sp³-hybridized carbons (Fsp3) is 0.944. The molecule has 2 heterocycles. The van der Waals surface area contributed by atoms with Crippen molar-refractivity contribution in [1.29, 1.82) is 0 Å². The van der Waals surface area contributed by atoms with Crippen LogP contribution in [0.2, 0.25) is 0 Å². The number of amides is 1. The van der Waals surface area contributed by atoms with E-state index in [4.69, 9.17) is 0 Å². The van der Waals surface area contributed by atoms with Gasteiger partial charge in [0.05, 0.1) is 6.10 Å². The standard InChI is InChI=1S/C18H35N3O2/c1-16(15-18(23)21-11-4-2-3-5-12-21)19-9-6-10-20-13-7-17(22)8-14-20/h16-17,19,22H,2-15H2,1H3. The predicted molar refractivity (Wildman–Crippen MR) is 93.4 cm³/mol. The molecule has 0 aliphatic carbocycles. The van der Waals surface area contributed by atoms with Gasteiger partial charge in [-0.2, -0.15) is 0 Å². The van der Waals surface area contributed by atoms with Crippen molar-refractivity contribution in [1.82, 2.24) is 15.1 Å². The highest BCUT2D eigenvalue weighted by atomic mass is 16.3. The molecule has 0 bridgehead atoms. The Labute approximate surface area is 141 Å². The number of aliphatic hydroxyl groups is 1. The normalized spacial score (nSPS) is 22.8. The average molecular weight is 325 g/mol. The Morgan fingerprint density at radius 3 is 2.43 bits per heavy atom. The lowest BCUT2D eigenvalue weighted by Gasteiger charge is -2.29. The Bertz CT molecular complexity index is 335. The van der Waals surface area contributed by atoms with Crippen LogP contribution in [-0.2, 0) is 4.79 Å². The van der Waals surface area contributed by atoms with Gasteiger partial charge in [0.25, 0.3) is 0 Å². The van der Waals surface area contributed by atoms with E-state index in [1.165, 1.54) is 12.8 Å². The largest absolute Gasteiger partial charge is 0.393 e. The topological polar surface area (TPSA) is 55.8 Å². The second kappa shape index (κ2) is 10.3. The molecule has 2 saturated heterocycles. The van der Waals surface area contributed by atoms with Crippen molar-refractivity contribution < 1.29 is 9.90 Å². The Hall–Kier alpha value is -0.650. The van der Waals surface area contributed by atoms with Gasteiger partial charge in [0.1, 0.15) is 0 Å². The molecule has 1 amide bonds. The first kappa shape index (κ1) is 18.7. The quantitative estimate of drug-likeness (QED) is 0.698. The van der Waals surface area contributed by atoms with E-state index >= 15 is 0 Å². The summed E-state index contributed by atoms with van der Waals surface area (Å²) < 4.78 is 0. The van der Waals surface area contributed by atoms with Crippen LogP contribution in [0.5, 0.6) is 0 Å². The zero-order valence-corrected chi connectivity index (χ0v) is 14.8. The van der Waals surface area contributed by atoms with Crippen LogP contribution in [0.3, 0.4) is 0 Å². The molecule has 2 rings (SSSR count). The molecule has 5 nitrogen and oxygen atoms in total. The summed E-state index contributed by atoms with van der Waals surface area (Å²) in [5.74, 6) is 0.317. The second-order valence-corrected chi connectivity index (χ2v) is 7.28. The molecule has 1 atom stereocenters. The summed E-state index contributed by atoms with van der Waals surface area (Å²) in [6.45, 7) is 8.11. The summed E-state index contributed by atoms with van der Waals surface area (Å²) in [5.41, 5.74) is 0. The first-order valence-electron chi connectivity index (χ1n) is 9.56. The number of hydrogen-bond acceptors (Lipinski definition) is 4. The molecule has 5 heteroatoms. The Balaban J connectivity index is 1.54. The third kappa shape index (κ3) is 7.19. The first-order valence-corrected chi connectivity index (χ1v) is 9.56. The number of carbonyl (C=O) groups is 1. The van der Waals surface area contributed by atoms with Gasteiger partial charge in [-0.25, -0.2) is 0 Å². The zero-order valence-electron chi connectivity index (χ0n) is 14.8. The lowest BCUT2D eigenvalue weighted by Crippen LogP contribution is -2.39. The minimum Gasteiger partial charge on any atom is -0.393 e. The van der Waals surface area contributed by atoms with Crippen LogP contribution in [0.1, 0.15) is 58.3 Å². The summed E-state index contributed by atoms with van der Waals surface area (Å²) in [6.07, 6.45) is 8.33. The highest BCUT2D eigenvalue weighted by Gasteiger charge is 2.18.